The van der Waals surface area contributed by atoms with Crippen molar-refractivity contribution in [3.63, 3.8) is 0 Å². The van der Waals surface area contributed by atoms with E-state index in [4.69, 9.17) is 18.0 Å². The van der Waals surface area contributed by atoms with Crippen LogP contribution in [0.2, 0.25) is 0 Å². The van der Waals surface area contributed by atoms with Gasteiger partial charge in [0.15, 0.2) is 0 Å². The second-order valence-electron chi connectivity index (χ2n) is 4.42. The topological polar surface area (TPSA) is 79.5 Å². The molecule has 2 N–H and O–H groups in total. The normalized spacial score (nSPS) is 17.4. The highest BCUT2D eigenvalue weighted by Gasteiger charge is 2.23. The van der Waals surface area contributed by atoms with Crippen molar-refractivity contribution in [3.05, 3.63) is 23.9 Å². The molecule has 104 valence electrons. The predicted octanol–water partition coefficient (Wildman–Crippen LogP) is -0.203. The largest absolute Gasteiger partial charge is 0.389 e. The van der Waals surface area contributed by atoms with Crippen LogP contribution in [0.25, 0.3) is 0 Å². The summed E-state index contributed by atoms with van der Waals surface area (Å²) < 4.78 is 24.3. The Labute approximate surface area is 118 Å². The van der Waals surface area contributed by atoms with Crippen molar-refractivity contribution in [3.8, 4) is 0 Å². The lowest BCUT2D eigenvalue weighted by Gasteiger charge is -2.33. The van der Waals surface area contributed by atoms with Gasteiger partial charge in [-0.25, -0.2) is 13.4 Å². The van der Waals surface area contributed by atoms with Gasteiger partial charge in [0.1, 0.15) is 10.8 Å². The molecule has 1 fully saturated rings. The monoisotopic (exact) mass is 300 g/mol. The molecule has 0 atom stereocenters. The van der Waals surface area contributed by atoms with Crippen molar-refractivity contribution in [2.24, 2.45) is 5.73 Å². The molecule has 0 saturated carbocycles. The van der Waals surface area contributed by atoms with Gasteiger partial charge < -0.3 is 10.6 Å². The minimum Gasteiger partial charge on any atom is -0.389 e. The highest BCUT2D eigenvalue weighted by Crippen LogP contribution is 2.15. The summed E-state index contributed by atoms with van der Waals surface area (Å²) in [6, 6.07) is 3.68. The first-order chi connectivity index (χ1) is 8.88. The number of pyridine rings is 1. The van der Waals surface area contributed by atoms with E-state index in [1.165, 1.54) is 10.6 Å². The fraction of sp³-hybridized carbons (Fsp3) is 0.455. The van der Waals surface area contributed by atoms with E-state index in [0.717, 1.165) is 11.4 Å². The number of nitrogens with two attached hydrogens (primary N) is 1. The zero-order valence-corrected chi connectivity index (χ0v) is 12.2. The van der Waals surface area contributed by atoms with E-state index in [1.807, 2.05) is 17.0 Å². The standard InChI is InChI=1S/C11H16N4O2S2/c1-19(16,17)15-6-4-14(5-7-15)10-3-2-9(8-13-10)11(12)18/h2-3,8H,4-7H2,1H3,(H2,12,18). The number of hydrogen-bond donors (Lipinski definition) is 1. The number of anilines is 1. The number of aromatic nitrogens is 1. The highest BCUT2D eigenvalue weighted by molar-refractivity contribution is 7.88. The molecular formula is C11H16N4O2S2. The summed E-state index contributed by atoms with van der Waals surface area (Å²) >= 11 is 4.87. The van der Waals surface area contributed by atoms with E-state index in [-0.39, 0.29) is 0 Å². The summed E-state index contributed by atoms with van der Waals surface area (Å²) in [4.78, 5) is 6.67. The first kappa shape index (κ1) is 14.2. The molecule has 0 aromatic carbocycles. The Hall–Kier alpha value is -1.25. The van der Waals surface area contributed by atoms with Crippen molar-refractivity contribution in [2.45, 2.75) is 0 Å². The van der Waals surface area contributed by atoms with E-state index in [0.29, 0.717) is 31.2 Å². The van der Waals surface area contributed by atoms with Gasteiger partial charge in [-0.2, -0.15) is 4.31 Å². The van der Waals surface area contributed by atoms with Gasteiger partial charge in [-0.05, 0) is 12.1 Å². The summed E-state index contributed by atoms with van der Waals surface area (Å²) in [5.74, 6) is 0.813. The van der Waals surface area contributed by atoms with Crippen LogP contribution in [0.4, 0.5) is 5.82 Å². The Balaban J connectivity index is 2.03. The van der Waals surface area contributed by atoms with Crippen LogP contribution < -0.4 is 10.6 Å². The van der Waals surface area contributed by atoms with Gasteiger partial charge in [0, 0.05) is 37.9 Å². The van der Waals surface area contributed by atoms with Crippen LogP contribution in [0.1, 0.15) is 5.56 Å². The van der Waals surface area contributed by atoms with Gasteiger partial charge in [-0.1, -0.05) is 12.2 Å². The third kappa shape index (κ3) is 3.40. The van der Waals surface area contributed by atoms with E-state index in [1.54, 1.807) is 6.20 Å². The maximum Gasteiger partial charge on any atom is 0.211 e. The Morgan fingerprint density at radius 1 is 1.32 bits per heavy atom. The number of nitrogens with zero attached hydrogens (tertiary/aromatic N) is 3. The van der Waals surface area contributed by atoms with E-state index in [2.05, 4.69) is 4.98 Å². The Morgan fingerprint density at radius 2 is 1.95 bits per heavy atom. The van der Waals surface area contributed by atoms with Crippen molar-refractivity contribution in [1.82, 2.24) is 9.29 Å². The molecule has 0 aliphatic carbocycles. The maximum absolute atomic E-state index is 11.4. The molecule has 1 saturated heterocycles. The van der Waals surface area contributed by atoms with Crippen LogP contribution in [0.3, 0.4) is 0 Å². The Bertz CT molecular complexity index is 563. The first-order valence-electron chi connectivity index (χ1n) is 5.84. The fourth-order valence-corrected chi connectivity index (χ4v) is 2.92. The summed E-state index contributed by atoms with van der Waals surface area (Å²) in [5.41, 5.74) is 6.24. The maximum atomic E-state index is 11.4. The molecule has 0 radical (unpaired) electrons. The molecule has 2 heterocycles. The van der Waals surface area contributed by atoms with Crippen molar-refractivity contribution >= 4 is 33.0 Å². The molecule has 0 unspecified atom stereocenters. The van der Waals surface area contributed by atoms with Crippen molar-refractivity contribution in [1.29, 1.82) is 0 Å². The van der Waals surface area contributed by atoms with Gasteiger partial charge in [0.2, 0.25) is 10.0 Å². The Kier molecular flexibility index (Phi) is 4.02. The van der Waals surface area contributed by atoms with E-state index in [9.17, 15) is 8.42 Å². The predicted molar refractivity (Wildman–Crippen MR) is 78.8 cm³/mol. The van der Waals surface area contributed by atoms with Gasteiger partial charge >= 0.3 is 0 Å². The van der Waals surface area contributed by atoms with Gasteiger partial charge in [-0.3, -0.25) is 0 Å². The molecule has 6 nitrogen and oxygen atoms in total. The molecule has 1 aromatic heterocycles. The minimum atomic E-state index is -3.10. The highest BCUT2D eigenvalue weighted by atomic mass is 32.2. The van der Waals surface area contributed by atoms with Crippen LogP contribution in [-0.2, 0) is 10.0 Å². The van der Waals surface area contributed by atoms with Gasteiger partial charge in [0.05, 0.1) is 6.26 Å². The number of thiocarbonyl (C=S) groups is 1. The van der Waals surface area contributed by atoms with Crippen molar-refractivity contribution < 1.29 is 8.42 Å². The lowest BCUT2D eigenvalue weighted by Crippen LogP contribution is -2.48. The molecule has 0 amide bonds. The van der Waals surface area contributed by atoms with E-state index >= 15 is 0 Å². The summed E-state index contributed by atoms with van der Waals surface area (Å²) in [6.07, 6.45) is 2.87. The smallest absolute Gasteiger partial charge is 0.211 e. The third-order valence-corrected chi connectivity index (χ3v) is 4.60. The number of piperazine rings is 1. The summed E-state index contributed by atoms with van der Waals surface area (Å²) in [5, 5.41) is 0. The lowest BCUT2D eigenvalue weighted by atomic mass is 10.2. The van der Waals surface area contributed by atoms with E-state index < -0.39 is 10.0 Å². The third-order valence-electron chi connectivity index (χ3n) is 3.06. The van der Waals surface area contributed by atoms with Crippen molar-refractivity contribution in [2.75, 3.05) is 37.3 Å². The summed E-state index contributed by atoms with van der Waals surface area (Å²) in [6.45, 7) is 2.23. The molecular weight excluding hydrogens is 284 g/mol. The molecule has 19 heavy (non-hydrogen) atoms. The SMILES string of the molecule is CS(=O)(=O)N1CCN(c2ccc(C(N)=S)cn2)CC1. The quantitative estimate of drug-likeness (QED) is 0.779. The molecule has 1 aliphatic heterocycles. The molecule has 1 aromatic rings. The van der Waals surface area contributed by atoms with Crippen LogP contribution in [0.5, 0.6) is 0 Å². The zero-order valence-electron chi connectivity index (χ0n) is 10.6. The van der Waals surface area contributed by atoms with Crippen LogP contribution in [-0.4, -0.2) is 55.1 Å². The average molecular weight is 300 g/mol. The fourth-order valence-electron chi connectivity index (χ4n) is 1.97. The lowest BCUT2D eigenvalue weighted by molar-refractivity contribution is 0.387. The molecule has 1 aliphatic rings. The second kappa shape index (κ2) is 5.40. The Morgan fingerprint density at radius 3 is 2.37 bits per heavy atom. The number of rotatable bonds is 3. The molecule has 2 rings (SSSR count). The minimum absolute atomic E-state index is 0.320. The van der Waals surface area contributed by atoms with Crippen LogP contribution >= 0.6 is 12.2 Å². The molecule has 8 heteroatoms. The van der Waals surface area contributed by atoms with Gasteiger partial charge in [-0.15, -0.1) is 0 Å². The van der Waals surface area contributed by atoms with Crippen LogP contribution in [0.15, 0.2) is 18.3 Å². The second-order valence-corrected chi connectivity index (χ2v) is 6.84. The number of sulfonamides is 1. The van der Waals surface area contributed by atoms with Gasteiger partial charge in [0.25, 0.3) is 0 Å². The number of hydrogen-bond acceptors (Lipinski definition) is 5. The molecule has 0 bridgehead atoms. The summed E-state index contributed by atoms with van der Waals surface area (Å²) in [7, 11) is -3.10. The average Bonchev–Trinajstić information content (AvgIpc) is 2.38. The first-order valence-corrected chi connectivity index (χ1v) is 8.09. The molecule has 0 spiro atoms. The zero-order chi connectivity index (χ0) is 14.0. The van der Waals surface area contributed by atoms with Crippen LogP contribution in [0, 0.1) is 0 Å².